The van der Waals surface area contributed by atoms with Gasteiger partial charge in [0.15, 0.2) is 5.78 Å². The van der Waals surface area contributed by atoms with E-state index in [1.807, 2.05) is 0 Å². The van der Waals surface area contributed by atoms with E-state index in [1.54, 1.807) is 0 Å². The van der Waals surface area contributed by atoms with E-state index in [2.05, 4.69) is 0 Å². The highest BCUT2D eigenvalue weighted by atomic mass is 127. The summed E-state index contributed by atoms with van der Waals surface area (Å²) in [6.07, 6.45) is 0. The van der Waals surface area contributed by atoms with Gasteiger partial charge in [-0.15, -0.1) is 0 Å². The Hall–Kier alpha value is -0.870. The molecule has 0 saturated carbocycles. The first-order valence-electron chi connectivity index (χ1n) is 3.97. The molecule has 0 aliphatic heterocycles. The van der Waals surface area contributed by atoms with Crippen LogP contribution in [0.25, 0.3) is 0 Å². The molecule has 0 amide bonds. The average molecular weight is 357 g/mol. The fourth-order valence-electron chi connectivity index (χ4n) is 1.16. The highest BCUT2D eigenvalue weighted by molar-refractivity contribution is 14.2. The van der Waals surface area contributed by atoms with E-state index in [0.29, 0.717) is 0 Å². The number of hydrogen-bond acceptors (Lipinski definition) is 5. The first kappa shape index (κ1) is 13.2. The van der Waals surface area contributed by atoms with Gasteiger partial charge >= 0.3 is 19.8 Å². The Balaban J connectivity index is 3.79. The van der Waals surface area contributed by atoms with Crippen LogP contribution in [0.4, 0.5) is 0 Å². The van der Waals surface area contributed by atoms with Gasteiger partial charge in [-0.25, -0.2) is 19.7 Å². The highest BCUT2D eigenvalue weighted by Crippen LogP contribution is 2.28. The largest absolute Gasteiger partial charge is 0.342 e. The monoisotopic (exact) mass is 357 g/mol. The molecule has 1 rings (SSSR count). The molecule has 0 aliphatic carbocycles. The van der Waals surface area contributed by atoms with Gasteiger partial charge < -0.3 is 0 Å². The van der Waals surface area contributed by atoms with Crippen LogP contribution >= 0.6 is 19.8 Å². The molecule has 6 nitrogen and oxygen atoms in total. The zero-order chi connectivity index (χ0) is 12.5. The van der Waals surface area contributed by atoms with Crippen molar-refractivity contribution in [3.63, 3.8) is 0 Å². The van der Waals surface area contributed by atoms with Crippen LogP contribution in [-0.4, -0.2) is 14.2 Å². The Labute approximate surface area is 99.0 Å². The van der Waals surface area contributed by atoms with Gasteiger partial charge in [0.1, 0.15) is 8.47 Å². The number of benzene rings is 1. The van der Waals surface area contributed by atoms with Crippen LogP contribution in [0.2, 0.25) is 0 Å². The van der Waals surface area contributed by atoms with Crippen molar-refractivity contribution in [2.24, 2.45) is 5.14 Å². The molecule has 88 valence electrons. The topological polar surface area (TPSA) is 111 Å². The predicted octanol–water partition coefficient (Wildman–Crippen LogP) is 0.904. The van der Waals surface area contributed by atoms with Crippen molar-refractivity contribution in [2.45, 2.75) is 11.8 Å². The lowest BCUT2D eigenvalue weighted by atomic mass is 10.2. The summed E-state index contributed by atoms with van der Waals surface area (Å²) in [5.41, 5.74) is -0.137. The molecule has 0 unspecified atom stereocenters. The first-order chi connectivity index (χ1) is 7.25. The van der Waals surface area contributed by atoms with Crippen molar-refractivity contribution in [3.05, 3.63) is 27.3 Å². The van der Waals surface area contributed by atoms with Crippen molar-refractivity contribution in [2.75, 3.05) is 0 Å². The van der Waals surface area contributed by atoms with Gasteiger partial charge in [-0.3, -0.25) is 4.79 Å². The number of Topliss-reactive ketones (excluding diaryl/α,β-unsaturated/α-hetero) is 1. The summed E-state index contributed by atoms with van der Waals surface area (Å²) in [7, 11) is -4.15. The second kappa shape index (κ2) is 4.55. The van der Waals surface area contributed by atoms with Gasteiger partial charge in [0.25, 0.3) is 0 Å². The van der Waals surface area contributed by atoms with Crippen molar-refractivity contribution >= 4 is 35.6 Å². The number of carbonyl (C=O) groups is 1. The lowest BCUT2D eigenvalue weighted by Gasteiger charge is -2.04. The van der Waals surface area contributed by atoms with Crippen molar-refractivity contribution in [1.29, 1.82) is 0 Å². The van der Waals surface area contributed by atoms with Crippen LogP contribution in [-0.2, 0) is 16.2 Å². The number of halogens is 1. The summed E-state index contributed by atoms with van der Waals surface area (Å²) in [5.74, 6) is -0.519. The van der Waals surface area contributed by atoms with E-state index in [1.165, 1.54) is 12.1 Å². The van der Waals surface area contributed by atoms with Crippen molar-refractivity contribution < 1.29 is 19.4 Å². The lowest BCUT2D eigenvalue weighted by molar-refractivity contribution is 0.101. The molecular weight excluding hydrogens is 349 g/mol. The second-order valence-electron chi connectivity index (χ2n) is 2.94. The fourth-order valence-corrected chi connectivity index (χ4v) is 4.78. The summed E-state index contributed by atoms with van der Waals surface area (Å²) >= 11 is -4.12. The molecule has 0 bridgehead atoms. The number of rotatable bonds is 3. The summed E-state index contributed by atoms with van der Waals surface area (Å²) in [4.78, 5) is 10.6. The molecule has 0 aliphatic rings. The molecule has 0 spiro atoms. The van der Waals surface area contributed by atoms with E-state index in [0.717, 1.165) is 13.0 Å². The number of sulfonamides is 1. The number of primary sulfonamides is 1. The van der Waals surface area contributed by atoms with E-state index < -0.39 is 44.1 Å². The van der Waals surface area contributed by atoms with Gasteiger partial charge in [0, 0.05) is 5.56 Å². The molecule has 0 radical (unpaired) electrons. The number of nitrogens with two attached hydrogens (primary N) is 1. The maximum absolute atomic E-state index is 11.2. The van der Waals surface area contributed by atoms with Gasteiger partial charge in [0.2, 0.25) is 10.0 Å². The SMILES string of the molecule is CC(=O)c1cccc(S(N)(=O)=O)c1I(=O)=O. The molecular formula is C8H8INO5S. The van der Waals surface area contributed by atoms with Crippen molar-refractivity contribution in [1.82, 2.24) is 0 Å². The molecule has 1 aromatic carbocycles. The minimum Gasteiger partial charge on any atom is -0.294 e. The van der Waals surface area contributed by atoms with Gasteiger partial charge in [-0.05, 0) is 13.0 Å². The fraction of sp³-hybridized carbons (Fsp3) is 0.125. The van der Waals surface area contributed by atoms with Gasteiger partial charge in [-0.1, -0.05) is 12.1 Å². The zero-order valence-corrected chi connectivity index (χ0v) is 11.1. The number of ketones is 1. The quantitative estimate of drug-likeness (QED) is 0.638. The van der Waals surface area contributed by atoms with E-state index >= 15 is 0 Å². The lowest BCUT2D eigenvalue weighted by Crippen LogP contribution is -2.15. The second-order valence-corrected chi connectivity index (χ2v) is 6.79. The van der Waals surface area contributed by atoms with E-state index in [9.17, 15) is 19.4 Å². The number of carbonyl (C=O) groups excluding carboxylic acids is 1. The molecule has 0 atom stereocenters. The van der Waals surface area contributed by atoms with Crippen LogP contribution in [0.15, 0.2) is 23.1 Å². The van der Waals surface area contributed by atoms with E-state index in [-0.39, 0.29) is 5.56 Å². The highest BCUT2D eigenvalue weighted by Gasteiger charge is 2.22. The Kier molecular flexibility index (Phi) is 3.76. The third-order valence-corrected chi connectivity index (χ3v) is 5.17. The Morgan fingerprint density at radius 3 is 2.25 bits per heavy atom. The maximum Gasteiger partial charge on any atom is 0.342 e. The normalized spacial score (nSPS) is 11.7. The van der Waals surface area contributed by atoms with Crippen LogP contribution in [0.1, 0.15) is 17.3 Å². The average Bonchev–Trinajstić information content (AvgIpc) is 2.14. The minimum atomic E-state index is -4.15. The minimum absolute atomic E-state index is 0.137. The van der Waals surface area contributed by atoms with Crippen LogP contribution in [0.3, 0.4) is 0 Å². The zero-order valence-electron chi connectivity index (χ0n) is 8.14. The van der Waals surface area contributed by atoms with Gasteiger partial charge in [0.05, 0.1) is 0 Å². The van der Waals surface area contributed by atoms with Crippen LogP contribution < -0.4 is 5.14 Å². The predicted molar refractivity (Wildman–Crippen MR) is 61.9 cm³/mol. The standard InChI is InChI=1S/C8H8INO5S/c1-5(11)6-3-2-4-7(16(10,14)15)8(6)9(12)13/h2-4H,1H3,(H2,10,14,15). The molecule has 0 aromatic heterocycles. The molecule has 8 heteroatoms. The summed E-state index contributed by atoms with van der Waals surface area (Å²) in [6.45, 7) is 1.16. The summed E-state index contributed by atoms with van der Waals surface area (Å²) in [5, 5.41) is 4.87. The Morgan fingerprint density at radius 2 is 1.88 bits per heavy atom. The smallest absolute Gasteiger partial charge is 0.294 e. The third kappa shape index (κ3) is 2.62. The van der Waals surface area contributed by atoms with E-state index in [4.69, 9.17) is 5.14 Å². The maximum atomic E-state index is 11.2. The van der Waals surface area contributed by atoms with Gasteiger partial charge in [-0.2, -0.15) is 0 Å². The summed E-state index contributed by atoms with van der Waals surface area (Å²) in [6, 6.07) is 3.60. The van der Waals surface area contributed by atoms with Crippen LogP contribution in [0.5, 0.6) is 0 Å². The Bertz CT molecular complexity index is 609. The molecule has 16 heavy (non-hydrogen) atoms. The van der Waals surface area contributed by atoms with Crippen LogP contribution in [0, 0.1) is 3.57 Å². The van der Waals surface area contributed by atoms with Crippen molar-refractivity contribution in [3.8, 4) is 0 Å². The molecule has 0 fully saturated rings. The molecule has 2 N–H and O–H groups in total. The number of hydrogen-bond donors (Lipinski definition) is 1. The molecule has 1 aromatic rings. The Morgan fingerprint density at radius 1 is 1.31 bits per heavy atom. The molecule has 0 heterocycles. The molecule has 0 saturated heterocycles. The third-order valence-electron chi connectivity index (χ3n) is 1.80. The summed E-state index contributed by atoms with van der Waals surface area (Å²) < 4.78 is 43.9. The first-order valence-corrected chi connectivity index (χ1v) is 8.36.